The smallest absolute Gasteiger partial charge is 0.327 e. The second kappa shape index (κ2) is 3.32. The minimum atomic E-state index is -2.99. The van der Waals surface area contributed by atoms with Crippen LogP contribution < -0.4 is 5.73 Å². The second-order valence-electron chi connectivity index (χ2n) is 4.76. The molecule has 5 nitrogen and oxygen atoms in total. The fraction of sp³-hybridized carbons (Fsp3) is 0.778. The largest absolute Gasteiger partial charge is 0.480 e. The van der Waals surface area contributed by atoms with Gasteiger partial charge in [0, 0.05) is 4.75 Å². The van der Waals surface area contributed by atoms with Gasteiger partial charge in [0.15, 0.2) is 5.54 Å². The number of rotatable bonds is 2. The minimum Gasteiger partial charge on any atom is -0.480 e. The molecule has 3 atom stereocenters. The van der Waals surface area contributed by atoms with E-state index in [0.717, 1.165) is 16.7 Å². The van der Waals surface area contributed by atoms with Crippen molar-refractivity contribution in [1.82, 2.24) is 4.90 Å². The van der Waals surface area contributed by atoms with E-state index < -0.39 is 40.0 Å². The van der Waals surface area contributed by atoms with Gasteiger partial charge in [-0.15, -0.1) is 11.8 Å². The molecule has 0 aromatic carbocycles. The molecule has 0 aliphatic carbocycles. The van der Waals surface area contributed by atoms with Crippen LogP contribution in [0.15, 0.2) is 0 Å². The topological polar surface area (TPSA) is 83.6 Å². The Bertz CT molecular complexity index is 404. The number of carboxylic acid groups (broad SMARTS) is 1. The lowest BCUT2D eigenvalue weighted by atomic mass is 9.86. The Balaban J connectivity index is 2.37. The fourth-order valence-electron chi connectivity index (χ4n) is 2.31. The van der Waals surface area contributed by atoms with Gasteiger partial charge in [-0.05, 0) is 13.8 Å². The number of alkyl halides is 2. The first kappa shape index (κ1) is 12.6. The number of aliphatic carboxylic acids is 1. The first-order valence-corrected chi connectivity index (χ1v) is 5.82. The molecule has 0 saturated carbocycles. The number of fused-ring (bicyclic) bond motifs is 1. The zero-order valence-corrected chi connectivity index (χ0v) is 10.0. The summed E-state index contributed by atoms with van der Waals surface area (Å²) in [4.78, 5) is 23.7. The van der Waals surface area contributed by atoms with Gasteiger partial charge < -0.3 is 15.7 Å². The van der Waals surface area contributed by atoms with Crippen molar-refractivity contribution >= 4 is 23.6 Å². The molecule has 2 saturated heterocycles. The summed E-state index contributed by atoms with van der Waals surface area (Å²) < 4.78 is 24.8. The molecule has 17 heavy (non-hydrogen) atoms. The predicted molar refractivity (Wildman–Crippen MR) is 56.7 cm³/mol. The third-order valence-electron chi connectivity index (χ3n) is 3.21. The van der Waals surface area contributed by atoms with Crippen molar-refractivity contribution in [3.63, 3.8) is 0 Å². The molecule has 0 bridgehead atoms. The Hall–Kier alpha value is -0.890. The molecule has 2 rings (SSSR count). The number of carbonyl (C=O) groups excluding carboxylic acids is 1. The molecule has 2 fully saturated rings. The molecule has 0 radical (unpaired) electrons. The van der Waals surface area contributed by atoms with Gasteiger partial charge in [0.2, 0.25) is 0 Å². The molecule has 2 aliphatic heterocycles. The third kappa shape index (κ3) is 1.33. The van der Waals surface area contributed by atoms with E-state index in [0.29, 0.717) is 0 Å². The average Bonchev–Trinajstić information content (AvgIpc) is 2.46. The van der Waals surface area contributed by atoms with Crippen molar-refractivity contribution in [3.05, 3.63) is 0 Å². The Labute approximate surface area is 100 Å². The Morgan fingerprint density at radius 2 is 2.12 bits per heavy atom. The van der Waals surface area contributed by atoms with Crippen LogP contribution in [0, 0.1) is 0 Å². The summed E-state index contributed by atoms with van der Waals surface area (Å²) in [6, 6.07) is -1.11. The molecule has 8 heteroatoms. The number of hydrogen-bond donors (Lipinski definition) is 2. The Kier molecular flexibility index (Phi) is 2.45. The van der Waals surface area contributed by atoms with Crippen LogP contribution in [0.5, 0.6) is 0 Å². The van der Waals surface area contributed by atoms with Crippen molar-refractivity contribution < 1.29 is 23.5 Å². The number of nitrogens with zero attached hydrogens (tertiary/aromatic N) is 1. The standard InChI is InChI=1S/C9H12F2N2O3S/c1-8(2)3(4(14)15)13-6(16)9(12,5(10)11)7(13)17-8/h3,5,7H,12H2,1-2H3,(H,14,15)/t3-,7+,9-/m0/s1. The normalized spacial score (nSPS) is 39.2. The van der Waals surface area contributed by atoms with Gasteiger partial charge in [0.25, 0.3) is 12.3 Å². The Morgan fingerprint density at radius 3 is 2.53 bits per heavy atom. The van der Waals surface area contributed by atoms with Crippen molar-refractivity contribution in [2.24, 2.45) is 5.73 Å². The quantitative estimate of drug-likeness (QED) is 0.692. The Morgan fingerprint density at radius 1 is 1.59 bits per heavy atom. The van der Waals surface area contributed by atoms with E-state index in [2.05, 4.69) is 0 Å². The van der Waals surface area contributed by atoms with Gasteiger partial charge in [0.05, 0.1) is 0 Å². The first-order chi connectivity index (χ1) is 7.64. The third-order valence-corrected chi connectivity index (χ3v) is 4.88. The van der Waals surface area contributed by atoms with Gasteiger partial charge in [-0.2, -0.15) is 0 Å². The average molecular weight is 266 g/mol. The van der Waals surface area contributed by atoms with E-state index in [-0.39, 0.29) is 0 Å². The highest BCUT2D eigenvalue weighted by atomic mass is 32.2. The van der Waals surface area contributed by atoms with Crippen LogP contribution in [0.4, 0.5) is 8.78 Å². The number of carboxylic acids is 1. The highest BCUT2D eigenvalue weighted by Gasteiger charge is 2.73. The van der Waals surface area contributed by atoms with Crippen LogP contribution >= 0.6 is 11.8 Å². The molecule has 2 heterocycles. The number of β-lactam (4-membered cyclic amide) rings is 1. The number of nitrogens with two attached hydrogens (primary N) is 1. The van der Waals surface area contributed by atoms with Crippen LogP contribution in [0.1, 0.15) is 13.8 Å². The molecule has 1 amide bonds. The summed E-state index contributed by atoms with van der Waals surface area (Å²) in [5, 5.41) is 8.10. The van der Waals surface area contributed by atoms with E-state index in [1.807, 2.05) is 0 Å². The van der Waals surface area contributed by atoms with Crippen molar-refractivity contribution in [3.8, 4) is 0 Å². The van der Waals surface area contributed by atoms with Gasteiger partial charge in [-0.3, -0.25) is 4.79 Å². The molecule has 0 unspecified atom stereocenters. The van der Waals surface area contributed by atoms with Crippen molar-refractivity contribution in [1.29, 1.82) is 0 Å². The van der Waals surface area contributed by atoms with Gasteiger partial charge in [-0.25, -0.2) is 13.6 Å². The summed E-state index contributed by atoms with van der Waals surface area (Å²) in [7, 11) is 0. The molecule has 0 aromatic rings. The highest BCUT2D eigenvalue weighted by molar-refractivity contribution is 8.01. The fourth-order valence-corrected chi connectivity index (χ4v) is 3.96. The number of amides is 1. The summed E-state index contributed by atoms with van der Waals surface area (Å²) in [6.07, 6.45) is -2.99. The molecule has 3 N–H and O–H groups in total. The van der Waals surface area contributed by atoms with Gasteiger partial charge in [0.1, 0.15) is 11.4 Å². The predicted octanol–water partition coefficient (Wildman–Crippen LogP) is 0.0959. The zero-order valence-electron chi connectivity index (χ0n) is 9.18. The zero-order chi connectivity index (χ0) is 13.2. The van der Waals surface area contributed by atoms with Gasteiger partial charge >= 0.3 is 5.97 Å². The van der Waals surface area contributed by atoms with Gasteiger partial charge in [-0.1, -0.05) is 0 Å². The van der Waals surface area contributed by atoms with E-state index in [1.54, 1.807) is 13.8 Å². The lowest BCUT2D eigenvalue weighted by molar-refractivity contribution is -0.174. The number of hydrogen-bond acceptors (Lipinski definition) is 4. The van der Waals surface area contributed by atoms with Crippen LogP contribution in [0.25, 0.3) is 0 Å². The van der Waals surface area contributed by atoms with Crippen molar-refractivity contribution in [2.45, 2.75) is 42.0 Å². The van der Waals surface area contributed by atoms with Crippen LogP contribution in [-0.4, -0.2) is 50.0 Å². The van der Waals surface area contributed by atoms with Crippen LogP contribution in [-0.2, 0) is 9.59 Å². The monoisotopic (exact) mass is 266 g/mol. The summed E-state index contributed by atoms with van der Waals surface area (Å²) in [5.41, 5.74) is 3.16. The maximum absolute atomic E-state index is 12.8. The second-order valence-corrected chi connectivity index (χ2v) is 6.49. The van der Waals surface area contributed by atoms with E-state index in [4.69, 9.17) is 10.8 Å². The molecule has 0 spiro atoms. The minimum absolute atomic E-state index is 0.831. The molecule has 2 aliphatic rings. The number of carbonyl (C=O) groups is 2. The summed E-state index contributed by atoms with van der Waals surface area (Å²) in [5.74, 6) is -2.18. The van der Waals surface area contributed by atoms with E-state index >= 15 is 0 Å². The highest BCUT2D eigenvalue weighted by Crippen LogP contribution is 2.55. The van der Waals surface area contributed by atoms with Crippen LogP contribution in [0.2, 0.25) is 0 Å². The molecule has 96 valence electrons. The van der Waals surface area contributed by atoms with E-state index in [1.165, 1.54) is 0 Å². The first-order valence-electron chi connectivity index (χ1n) is 4.94. The summed E-state index contributed by atoms with van der Waals surface area (Å²) in [6.45, 7) is 3.21. The number of thioether (sulfide) groups is 1. The van der Waals surface area contributed by atoms with Crippen molar-refractivity contribution in [2.75, 3.05) is 0 Å². The van der Waals surface area contributed by atoms with E-state index in [9.17, 15) is 18.4 Å². The maximum atomic E-state index is 12.8. The lowest BCUT2D eigenvalue weighted by Crippen LogP contribution is -2.80. The van der Waals surface area contributed by atoms with Crippen LogP contribution in [0.3, 0.4) is 0 Å². The maximum Gasteiger partial charge on any atom is 0.327 e. The lowest BCUT2D eigenvalue weighted by Gasteiger charge is -2.50. The molecular weight excluding hydrogens is 254 g/mol. The molecular formula is C9H12F2N2O3S. The summed E-state index contributed by atoms with van der Waals surface area (Å²) >= 11 is 1.01. The SMILES string of the molecule is CC1(C)S[C@H]2N(C(=O)[C@@]2(N)C(F)F)[C@H]1C(=O)O. The molecule has 0 aromatic heterocycles. The number of halogens is 2.